The molecule has 0 rings (SSSR count). The standard InChI is InChI=1S/C49H99NO4/c1-2-3-4-5-6-7-8-25-28-31-34-37-40-43-48(53)47(46-52)50-49(54)44-41-38-35-32-29-26-23-21-19-17-15-13-11-9-10-12-14-16-18-20-22-24-27-30-33-36-39-42-45-51/h47-48,51-53H,2-46H2,1H3,(H,50,54). The second-order valence-corrected chi connectivity index (χ2v) is 17.3. The number of rotatable bonds is 47. The van der Waals surface area contributed by atoms with Crippen molar-refractivity contribution in [2.24, 2.45) is 0 Å². The molecule has 54 heavy (non-hydrogen) atoms. The molecule has 2 unspecified atom stereocenters. The maximum absolute atomic E-state index is 12.4. The summed E-state index contributed by atoms with van der Waals surface area (Å²) in [4.78, 5) is 12.4. The summed E-state index contributed by atoms with van der Waals surface area (Å²) in [7, 11) is 0. The third-order valence-electron chi connectivity index (χ3n) is 11.9. The summed E-state index contributed by atoms with van der Waals surface area (Å²) in [6.07, 6.45) is 55.0. The quantitative estimate of drug-likeness (QED) is 0.0465. The molecule has 0 aliphatic heterocycles. The Morgan fingerprint density at radius 3 is 0.926 bits per heavy atom. The lowest BCUT2D eigenvalue weighted by atomic mass is 10.0. The summed E-state index contributed by atoms with van der Waals surface area (Å²) < 4.78 is 0. The Morgan fingerprint density at radius 1 is 0.389 bits per heavy atom. The highest BCUT2D eigenvalue weighted by atomic mass is 16.3. The van der Waals surface area contributed by atoms with Crippen LogP contribution in [0, 0.1) is 0 Å². The summed E-state index contributed by atoms with van der Waals surface area (Å²) in [6, 6.07) is -0.533. The molecule has 0 saturated heterocycles. The van der Waals surface area contributed by atoms with E-state index in [0.29, 0.717) is 19.4 Å². The van der Waals surface area contributed by atoms with Crippen LogP contribution >= 0.6 is 0 Å². The Hall–Kier alpha value is -0.650. The van der Waals surface area contributed by atoms with Gasteiger partial charge in [0.2, 0.25) is 5.91 Å². The second kappa shape index (κ2) is 46.7. The van der Waals surface area contributed by atoms with Crippen LogP contribution in [0.1, 0.15) is 283 Å². The molecule has 2 atom stereocenters. The molecule has 324 valence electrons. The normalized spacial score (nSPS) is 12.7. The summed E-state index contributed by atoms with van der Waals surface area (Å²) in [5, 5.41) is 32.0. The van der Waals surface area contributed by atoms with Gasteiger partial charge in [-0.2, -0.15) is 0 Å². The molecule has 0 fully saturated rings. The van der Waals surface area contributed by atoms with Gasteiger partial charge in [-0.15, -0.1) is 0 Å². The third-order valence-corrected chi connectivity index (χ3v) is 11.9. The summed E-state index contributed by atoms with van der Waals surface area (Å²) in [5.74, 6) is -0.0285. The Morgan fingerprint density at radius 2 is 0.648 bits per heavy atom. The zero-order valence-corrected chi connectivity index (χ0v) is 36.7. The first kappa shape index (κ1) is 53.4. The fourth-order valence-corrected chi connectivity index (χ4v) is 8.11. The minimum atomic E-state index is -0.656. The molecule has 0 aromatic rings. The van der Waals surface area contributed by atoms with Crippen molar-refractivity contribution < 1.29 is 20.1 Å². The van der Waals surface area contributed by atoms with Gasteiger partial charge in [0, 0.05) is 13.0 Å². The molecule has 0 saturated carbocycles. The molecular formula is C49H99NO4. The van der Waals surface area contributed by atoms with Crippen molar-refractivity contribution in [1.82, 2.24) is 5.32 Å². The maximum atomic E-state index is 12.4. The van der Waals surface area contributed by atoms with Crippen molar-refractivity contribution in [1.29, 1.82) is 0 Å². The molecule has 0 aliphatic carbocycles. The number of amides is 1. The fourth-order valence-electron chi connectivity index (χ4n) is 8.11. The number of nitrogens with one attached hydrogen (secondary N) is 1. The SMILES string of the molecule is CCCCCCCCCCCCCCCC(O)C(CO)NC(=O)CCCCCCCCCCCCCCCCCCCCCCCCCCCCCCO. The third kappa shape index (κ3) is 42.5. The van der Waals surface area contributed by atoms with Crippen LogP contribution in [0.25, 0.3) is 0 Å². The zero-order chi connectivity index (χ0) is 39.3. The topological polar surface area (TPSA) is 89.8 Å². The Labute approximate surface area is 338 Å². The lowest BCUT2D eigenvalue weighted by Gasteiger charge is -2.22. The smallest absolute Gasteiger partial charge is 0.220 e. The van der Waals surface area contributed by atoms with Crippen LogP contribution in [0.5, 0.6) is 0 Å². The number of carbonyl (C=O) groups excluding carboxylic acids is 1. The number of hydrogen-bond donors (Lipinski definition) is 4. The van der Waals surface area contributed by atoms with E-state index in [9.17, 15) is 15.0 Å². The van der Waals surface area contributed by atoms with E-state index in [4.69, 9.17) is 5.11 Å². The predicted octanol–water partition coefficient (Wildman–Crippen LogP) is 14.6. The van der Waals surface area contributed by atoms with E-state index >= 15 is 0 Å². The van der Waals surface area contributed by atoms with Crippen molar-refractivity contribution in [3.05, 3.63) is 0 Å². The molecule has 0 heterocycles. The van der Waals surface area contributed by atoms with Crippen LogP contribution in [0.3, 0.4) is 0 Å². The Bertz CT molecular complexity index is 703. The van der Waals surface area contributed by atoms with E-state index in [1.165, 1.54) is 231 Å². The number of hydrogen-bond acceptors (Lipinski definition) is 4. The van der Waals surface area contributed by atoms with Gasteiger partial charge in [-0.05, 0) is 19.3 Å². The van der Waals surface area contributed by atoms with Crippen molar-refractivity contribution in [2.75, 3.05) is 13.2 Å². The van der Waals surface area contributed by atoms with Crippen molar-refractivity contribution in [3.63, 3.8) is 0 Å². The molecule has 5 nitrogen and oxygen atoms in total. The van der Waals surface area contributed by atoms with E-state index in [0.717, 1.165) is 32.1 Å². The maximum Gasteiger partial charge on any atom is 0.220 e. The van der Waals surface area contributed by atoms with Gasteiger partial charge in [0.05, 0.1) is 18.8 Å². The lowest BCUT2D eigenvalue weighted by molar-refractivity contribution is -0.123. The largest absolute Gasteiger partial charge is 0.396 e. The Balaban J connectivity index is 3.37. The lowest BCUT2D eigenvalue weighted by Crippen LogP contribution is -2.45. The molecule has 1 amide bonds. The van der Waals surface area contributed by atoms with Gasteiger partial charge in [-0.1, -0.05) is 257 Å². The average molecular weight is 766 g/mol. The van der Waals surface area contributed by atoms with Crippen LogP contribution in [0.4, 0.5) is 0 Å². The fraction of sp³-hybridized carbons (Fsp3) is 0.980. The van der Waals surface area contributed by atoms with Crippen LogP contribution < -0.4 is 5.32 Å². The van der Waals surface area contributed by atoms with Gasteiger partial charge >= 0.3 is 0 Å². The van der Waals surface area contributed by atoms with E-state index in [-0.39, 0.29) is 12.5 Å². The highest BCUT2D eigenvalue weighted by molar-refractivity contribution is 5.76. The van der Waals surface area contributed by atoms with E-state index in [2.05, 4.69) is 12.2 Å². The molecule has 0 radical (unpaired) electrons. The van der Waals surface area contributed by atoms with Crippen molar-refractivity contribution >= 4 is 5.91 Å². The van der Waals surface area contributed by atoms with Crippen molar-refractivity contribution in [3.8, 4) is 0 Å². The van der Waals surface area contributed by atoms with E-state index in [1.807, 2.05) is 0 Å². The van der Waals surface area contributed by atoms with Crippen LogP contribution in [0.15, 0.2) is 0 Å². The van der Waals surface area contributed by atoms with Gasteiger partial charge in [-0.3, -0.25) is 4.79 Å². The summed E-state index contributed by atoms with van der Waals surface area (Å²) in [6.45, 7) is 2.44. The number of unbranched alkanes of at least 4 members (excludes halogenated alkanes) is 39. The molecule has 4 N–H and O–H groups in total. The second-order valence-electron chi connectivity index (χ2n) is 17.3. The van der Waals surface area contributed by atoms with Gasteiger partial charge in [-0.25, -0.2) is 0 Å². The van der Waals surface area contributed by atoms with Gasteiger partial charge in [0.25, 0.3) is 0 Å². The molecule has 5 heteroatoms. The molecule has 0 aliphatic rings. The number of carbonyl (C=O) groups is 1. The molecule has 0 bridgehead atoms. The predicted molar refractivity (Wildman–Crippen MR) is 236 cm³/mol. The average Bonchev–Trinajstić information content (AvgIpc) is 3.18. The zero-order valence-electron chi connectivity index (χ0n) is 36.7. The van der Waals surface area contributed by atoms with Crippen LogP contribution in [-0.2, 0) is 4.79 Å². The van der Waals surface area contributed by atoms with Crippen molar-refractivity contribution in [2.45, 2.75) is 295 Å². The highest BCUT2D eigenvalue weighted by Gasteiger charge is 2.20. The Kier molecular flexibility index (Phi) is 46.2. The van der Waals surface area contributed by atoms with Crippen LogP contribution in [0.2, 0.25) is 0 Å². The number of aliphatic hydroxyl groups excluding tert-OH is 3. The first-order chi connectivity index (χ1) is 26.7. The molecule has 0 spiro atoms. The summed E-state index contributed by atoms with van der Waals surface area (Å²) >= 11 is 0. The summed E-state index contributed by atoms with van der Waals surface area (Å²) in [5.41, 5.74) is 0. The minimum Gasteiger partial charge on any atom is -0.396 e. The van der Waals surface area contributed by atoms with Gasteiger partial charge < -0.3 is 20.6 Å². The monoisotopic (exact) mass is 766 g/mol. The van der Waals surface area contributed by atoms with E-state index in [1.54, 1.807) is 0 Å². The van der Waals surface area contributed by atoms with Crippen LogP contribution in [-0.4, -0.2) is 46.6 Å². The van der Waals surface area contributed by atoms with Gasteiger partial charge in [0.15, 0.2) is 0 Å². The molecule has 0 aromatic carbocycles. The highest BCUT2D eigenvalue weighted by Crippen LogP contribution is 2.18. The van der Waals surface area contributed by atoms with Gasteiger partial charge in [0.1, 0.15) is 0 Å². The minimum absolute atomic E-state index is 0.0285. The number of aliphatic hydroxyl groups is 3. The first-order valence-corrected chi connectivity index (χ1v) is 24.8. The van der Waals surface area contributed by atoms with E-state index < -0.39 is 12.1 Å². The molecular weight excluding hydrogens is 667 g/mol. The molecule has 0 aromatic heterocycles. The first-order valence-electron chi connectivity index (χ1n) is 24.8.